The molecule has 0 saturated carbocycles. The molecule has 0 aliphatic heterocycles. The average molecular weight is 254 g/mol. The third kappa shape index (κ3) is 2.83. The first kappa shape index (κ1) is 12.9. The Morgan fingerprint density at radius 1 is 1.21 bits per heavy atom. The van der Waals surface area contributed by atoms with E-state index in [1.807, 2.05) is 25.1 Å². The maximum absolute atomic E-state index is 11.4. The molecule has 0 atom stereocenters. The van der Waals surface area contributed by atoms with E-state index in [1.165, 1.54) is 0 Å². The maximum atomic E-state index is 11.4. The monoisotopic (exact) mass is 254 g/mol. The first-order valence-corrected chi connectivity index (χ1v) is 5.85. The van der Waals surface area contributed by atoms with E-state index in [0.717, 1.165) is 22.8 Å². The number of esters is 1. The summed E-state index contributed by atoms with van der Waals surface area (Å²) in [6.07, 6.45) is 1.13. The van der Waals surface area contributed by atoms with Gasteiger partial charge >= 0.3 is 5.97 Å². The van der Waals surface area contributed by atoms with Crippen LogP contribution in [0.2, 0.25) is 0 Å². The highest BCUT2D eigenvalue weighted by atomic mass is 16.5. The van der Waals surface area contributed by atoms with E-state index >= 15 is 0 Å². The van der Waals surface area contributed by atoms with Crippen LogP contribution >= 0.6 is 0 Å². The summed E-state index contributed by atoms with van der Waals surface area (Å²) in [5.41, 5.74) is 2.53. The van der Waals surface area contributed by atoms with Gasteiger partial charge in [0.25, 0.3) is 0 Å². The predicted molar refractivity (Wildman–Crippen MR) is 74.1 cm³/mol. The number of phenolic OH excluding ortho intramolecular Hbond substituents is 1. The molecular weight excluding hydrogens is 240 g/mol. The van der Waals surface area contributed by atoms with Gasteiger partial charge < -0.3 is 9.84 Å². The van der Waals surface area contributed by atoms with Gasteiger partial charge in [-0.25, -0.2) is 4.79 Å². The Kier molecular flexibility index (Phi) is 3.66. The highest BCUT2D eigenvalue weighted by Crippen LogP contribution is 2.33. The van der Waals surface area contributed by atoms with E-state index in [9.17, 15) is 9.90 Å². The van der Waals surface area contributed by atoms with Gasteiger partial charge in [0.15, 0.2) is 0 Å². The molecule has 0 aliphatic rings. The van der Waals surface area contributed by atoms with Crippen molar-refractivity contribution in [3.05, 3.63) is 60.7 Å². The number of carbonyl (C=O) groups excluding carboxylic acids is 1. The maximum Gasteiger partial charge on any atom is 0.335 e. The van der Waals surface area contributed by atoms with Gasteiger partial charge in [0, 0.05) is 11.6 Å². The molecule has 2 rings (SSSR count). The van der Waals surface area contributed by atoms with Crippen LogP contribution in [0, 0.1) is 6.92 Å². The van der Waals surface area contributed by atoms with E-state index < -0.39 is 5.97 Å². The number of carbonyl (C=O) groups is 1. The van der Waals surface area contributed by atoms with Crippen molar-refractivity contribution in [3.63, 3.8) is 0 Å². The van der Waals surface area contributed by atoms with Crippen molar-refractivity contribution in [1.29, 1.82) is 0 Å². The molecule has 0 amide bonds. The molecule has 19 heavy (non-hydrogen) atoms. The predicted octanol–water partition coefficient (Wildman–Crippen LogP) is 3.46. The van der Waals surface area contributed by atoms with Gasteiger partial charge in [0.05, 0.1) is 0 Å². The minimum absolute atomic E-state index is 0.195. The highest BCUT2D eigenvalue weighted by molar-refractivity contribution is 5.86. The highest BCUT2D eigenvalue weighted by Gasteiger charge is 2.11. The molecule has 0 bridgehead atoms. The van der Waals surface area contributed by atoms with Crippen LogP contribution in [0.1, 0.15) is 5.56 Å². The number of benzene rings is 2. The Bertz CT molecular complexity index is 612. The van der Waals surface area contributed by atoms with Crippen LogP contribution in [-0.2, 0) is 4.79 Å². The fraction of sp³-hybridized carbons (Fsp3) is 0.0625. The fourth-order valence-corrected chi connectivity index (χ4v) is 1.80. The molecule has 0 heterocycles. The lowest BCUT2D eigenvalue weighted by atomic mass is 10.0. The van der Waals surface area contributed by atoms with Gasteiger partial charge in [-0.1, -0.05) is 36.9 Å². The number of rotatable bonds is 3. The quantitative estimate of drug-likeness (QED) is 0.518. The van der Waals surface area contributed by atoms with Gasteiger partial charge in [-0.05, 0) is 30.2 Å². The van der Waals surface area contributed by atoms with Gasteiger partial charge in [-0.3, -0.25) is 0 Å². The normalized spacial score (nSPS) is 9.95. The standard InChI is InChI=1S/C16H14O3/c1-3-15(18)19-16-11(2)5-4-6-14(16)12-7-9-13(17)10-8-12/h3-10,17H,1H2,2H3. The zero-order chi connectivity index (χ0) is 13.8. The number of hydrogen-bond donors (Lipinski definition) is 1. The molecule has 0 aliphatic carbocycles. The van der Waals surface area contributed by atoms with Gasteiger partial charge in [0.2, 0.25) is 0 Å². The van der Waals surface area contributed by atoms with Crippen molar-refractivity contribution in [1.82, 2.24) is 0 Å². The third-order valence-corrected chi connectivity index (χ3v) is 2.76. The summed E-state index contributed by atoms with van der Waals surface area (Å²) in [5, 5.41) is 9.31. The van der Waals surface area contributed by atoms with Crippen molar-refractivity contribution in [2.45, 2.75) is 6.92 Å². The molecule has 0 fully saturated rings. The van der Waals surface area contributed by atoms with E-state index in [1.54, 1.807) is 24.3 Å². The Labute approximate surface area is 111 Å². The van der Waals surface area contributed by atoms with Crippen LogP contribution < -0.4 is 4.74 Å². The zero-order valence-corrected chi connectivity index (χ0v) is 10.6. The summed E-state index contributed by atoms with van der Waals surface area (Å²) in [6, 6.07) is 12.4. The van der Waals surface area contributed by atoms with Crippen LogP contribution in [0.4, 0.5) is 0 Å². The van der Waals surface area contributed by atoms with Crippen LogP contribution in [-0.4, -0.2) is 11.1 Å². The van der Waals surface area contributed by atoms with Crippen LogP contribution in [0.15, 0.2) is 55.1 Å². The van der Waals surface area contributed by atoms with Gasteiger partial charge in [-0.15, -0.1) is 0 Å². The van der Waals surface area contributed by atoms with Crippen molar-refractivity contribution >= 4 is 5.97 Å². The lowest BCUT2D eigenvalue weighted by Crippen LogP contribution is -2.05. The summed E-state index contributed by atoms with van der Waals surface area (Å²) in [7, 11) is 0. The molecule has 1 N–H and O–H groups in total. The molecule has 96 valence electrons. The third-order valence-electron chi connectivity index (χ3n) is 2.76. The number of phenols is 1. The topological polar surface area (TPSA) is 46.5 Å². The smallest absolute Gasteiger partial charge is 0.335 e. The molecule has 3 nitrogen and oxygen atoms in total. The minimum Gasteiger partial charge on any atom is -0.508 e. The second-order valence-electron chi connectivity index (χ2n) is 4.12. The second-order valence-corrected chi connectivity index (χ2v) is 4.12. The first-order chi connectivity index (χ1) is 9.11. The summed E-state index contributed by atoms with van der Waals surface area (Å²) < 4.78 is 5.29. The van der Waals surface area contributed by atoms with Crippen LogP contribution in [0.3, 0.4) is 0 Å². The number of aryl methyl sites for hydroxylation is 1. The summed E-state index contributed by atoms with van der Waals surface area (Å²) >= 11 is 0. The summed E-state index contributed by atoms with van der Waals surface area (Å²) in [5.74, 6) is 0.216. The zero-order valence-electron chi connectivity index (χ0n) is 10.6. The molecule has 0 unspecified atom stereocenters. The van der Waals surface area contributed by atoms with Crippen molar-refractivity contribution in [2.75, 3.05) is 0 Å². The average Bonchev–Trinajstić information content (AvgIpc) is 2.42. The van der Waals surface area contributed by atoms with Gasteiger partial charge in [0.1, 0.15) is 11.5 Å². The molecule has 3 heteroatoms. The van der Waals surface area contributed by atoms with Crippen LogP contribution in [0.25, 0.3) is 11.1 Å². The summed E-state index contributed by atoms with van der Waals surface area (Å²) in [4.78, 5) is 11.4. The number of aromatic hydroxyl groups is 1. The SMILES string of the molecule is C=CC(=O)Oc1c(C)cccc1-c1ccc(O)cc1. The van der Waals surface area contributed by atoms with E-state index in [2.05, 4.69) is 6.58 Å². The Morgan fingerprint density at radius 3 is 2.53 bits per heavy atom. The molecule has 0 spiro atoms. The Balaban J connectivity index is 2.50. The number of ether oxygens (including phenoxy) is 1. The fourth-order valence-electron chi connectivity index (χ4n) is 1.80. The molecule has 0 radical (unpaired) electrons. The molecule has 0 aromatic heterocycles. The first-order valence-electron chi connectivity index (χ1n) is 5.85. The van der Waals surface area contributed by atoms with E-state index in [4.69, 9.17) is 4.74 Å². The van der Waals surface area contributed by atoms with Gasteiger partial charge in [-0.2, -0.15) is 0 Å². The van der Waals surface area contributed by atoms with Crippen molar-refractivity contribution < 1.29 is 14.6 Å². The van der Waals surface area contributed by atoms with Crippen molar-refractivity contribution in [2.24, 2.45) is 0 Å². The van der Waals surface area contributed by atoms with E-state index in [-0.39, 0.29) is 5.75 Å². The molecule has 2 aromatic carbocycles. The number of para-hydroxylation sites is 1. The van der Waals surface area contributed by atoms with Crippen molar-refractivity contribution in [3.8, 4) is 22.6 Å². The lowest BCUT2D eigenvalue weighted by Gasteiger charge is -2.12. The lowest BCUT2D eigenvalue weighted by molar-refractivity contribution is -0.128. The molecule has 0 saturated heterocycles. The second kappa shape index (κ2) is 5.40. The Morgan fingerprint density at radius 2 is 1.89 bits per heavy atom. The number of hydrogen-bond acceptors (Lipinski definition) is 3. The van der Waals surface area contributed by atoms with Crippen LogP contribution in [0.5, 0.6) is 11.5 Å². The molecular formula is C16H14O3. The molecule has 2 aromatic rings. The Hall–Kier alpha value is -2.55. The minimum atomic E-state index is -0.491. The van der Waals surface area contributed by atoms with E-state index in [0.29, 0.717) is 5.75 Å². The largest absolute Gasteiger partial charge is 0.508 e. The summed E-state index contributed by atoms with van der Waals surface area (Å²) in [6.45, 7) is 5.26.